The normalized spacial score (nSPS) is 27.3. The van der Waals surface area contributed by atoms with E-state index in [0.717, 1.165) is 16.7 Å². The van der Waals surface area contributed by atoms with Crippen LogP contribution in [0.2, 0.25) is 0 Å². The number of ether oxygens (including phenoxy) is 1. The Morgan fingerprint density at radius 2 is 1.78 bits per heavy atom. The molecule has 3 rings (SSSR count). The van der Waals surface area contributed by atoms with Crippen molar-refractivity contribution < 1.29 is 14.4 Å². The maximum Gasteiger partial charge on any atom is 0.338 e. The van der Waals surface area contributed by atoms with Gasteiger partial charge >= 0.3 is 5.97 Å². The first kappa shape index (κ1) is 16.5. The Balaban J connectivity index is 1.65. The molecular weight excluding hydrogens is 286 g/mol. The van der Waals surface area contributed by atoms with E-state index in [1.165, 1.54) is 50.8 Å². The fraction of sp³-hybridized carbons (Fsp3) is 0.650. The number of carbonyl (C=O) groups is 1. The molecule has 3 atom stereocenters. The quantitative estimate of drug-likeness (QED) is 0.869. The number of piperidine rings is 2. The molecule has 0 aliphatic carbocycles. The lowest BCUT2D eigenvalue weighted by Gasteiger charge is -2.41. The number of quaternary nitrogens is 1. The SMILES string of the molecule is Cc1cc(C)c(C(=O)OC[C@@H]2CCC[NH+]3CCCC[C@H]23)c(C)c1. The number of rotatable bonds is 3. The predicted octanol–water partition coefficient (Wildman–Crippen LogP) is 2.62. The zero-order valence-corrected chi connectivity index (χ0v) is 14.8. The molecule has 0 spiro atoms. The minimum Gasteiger partial charge on any atom is -0.462 e. The summed E-state index contributed by atoms with van der Waals surface area (Å²) in [4.78, 5) is 14.3. The highest BCUT2D eigenvalue weighted by Gasteiger charge is 2.37. The number of hydrogen-bond donors (Lipinski definition) is 1. The number of esters is 1. The van der Waals surface area contributed by atoms with Crippen LogP contribution in [0.15, 0.2) is 12.1 Å². The van der Waals surface area contributed by atoms with Crippen molar-refractivity contribution in [2.75, 3.05) is 19.7 Å². The molecule has 0 amide bonds. The molecule has 126 valence electrons. The van der Waals surface area contributed by atoms with Crippen molar-refractivity contribution in [1.29, 1.82) is 0 Å². The van der Waals surface area contributed by atoms with E-state index >= 15 is 0 Å². The third-order valence-corrected chi connectivity index (χ3v) is 5.74. The first-order valence-electron chi connectivity index (χ1n) is 9.16. The Labute approximate surface area is 140 Å². The van der Waals surface area contributed by atoms with Crippen LogP contribution in [-0.2, 0) is 4.74 Å². The highest BCUT2D eigenvalue weighted by molar-refractivity contribution is 5.92. The maximum absolute atomic E-state index is 12.6. The van der Waals surface area contributed by atoms with E-state index < -0.39 is 0 Å². The van der Waals surface area contributed by atoms with Gasteiger partial charge < -0.3 is 9.64 Å². The van der Waals surface area contributed by atoms with Crippen LogP contribution in [0.4, 0.5) is 0 Å². The minimum atomic E-state index is -0.136. The van der Waals surface area contributed by atoms with E-state index in [2.05, 4.69) is 19.1 Å². The molecule has 2 fully saturated rings. The van der Waals surface area contributed by atoms with Gasteiger partial charge in [-0.15, -0.1) is 0 Å². The maximum atomic E-state index is 12.6. The second-order valence-electron chi connectivity index (χ2n) is 7.54. The molecular formula is C20H30NO2+. The average molecular weight is 316 g/mol. The van der Waals surface area contributed by atoms with Crippen molar-refractivity contribution in [2.24, 2.45) is 5.92 Å². The molecule has 2 heterocycles. The van der Waals surface area contributed by atoms with Gasteiger partial charge in [-0.05, 0) is 64.0 Å². The van der Waals surface area contributed by atoms with E-state index in [-0.39, 0.29) is 5.97 Å². The van der Waals surface area contributed by atoms with Gasteiger partial charge in [0.15, 0.2) is 0 Å². The molecule has 0 saturated carbocycles. The Bertz CT molecular complexity index is 556. The summed E-state index contributed by atoms with van der Waals surface area (Å²) in [6.45, 7) is 9.29. The Hall–Kier alpha value is -1.35. The standard InChI is InChI=1S/C20H29NO2/c1-14-11-15(2)19(16(3)12-14)20(22)23-13-17-7-6-10-21-9-5-4-8-18(17)21/h11-12,17-18H,4-10,13H2,1-3H3/p+1/t17-,18+/m0/s1. The lowest BCUT2D eigenvalue weighted by Crippen LogP contribution is -3.18. The molecule has 23 heavy (non-hydrogen) atoms. The third-order valence-electron chi connectivity index (χ3n) is 5.74. The molecule has 2 aliphatic rings. The monoisotopic (exact) mass is 316 g/mol. The molecule has 1 N–H and O–H groups in total. The Morgan fingerprint density at radius 3 is 2.52 bits per heavy atom. The van der Waals surface area contributed by atoms with E-state index in [1.807, 2.05) is 13.8 Å². The summed E-state index contributed by atoms with van der Waals surface area (Å²) in [6, 6.07) is 4.85. The number of nitrogens with one attached hydrogen (secondary N) is 1. The second kappa shape index (κ2) is 7.04. The van der Waals surface area contributed by atoms with Crippen molar-refractivity contribution in [2.45, 2.75) is 58.9 Å². The van der Waals surface area contributed by atoms with Crippen LogP contribution in [0.5, 0.6) is 0 Å². The number of carbonyl (C=O) groups excluding carboxylic acids is 1. The molecule has 0 aromatic heterocycles. The zero-order chi connectivity index (χ0) is 16.4. The van der Waals surface area contributed by atoms with Gasteiger partial charge in [0.25, 0.3) is 0 Å². The van der Waals surface area contributed by atoms with Crippen molar-refractivity contribution in [3.63, 3.8) is 0 Å². The van der Waals surface area contributed by atoms with Gasteiger partial charge in [0.2, 0.25) is 0 Å². The van der Waals surface area contributed by atoms with Crippen molar-refractivity contribution in [3.05, 3.63) is 34.4 Å². The molecule has 3 nitrogen and oxygen atoms in total. The second-order valence-corrected chi connectivity index (χ2v) is 7.54. The van der Waals surface area contributed by atoms with E-state index in [9.17, 15) is 4.79 Å². The summed E-state index contributed by atoms with van der Waals surface area (Å²) in [6.07, 6.45) is 6.50. The van der Waals surface area contributed by atoms with Crippen LogP contribution in [0.3, 0.4) is 0 Å². The van der Waals surface area contributed by atoms with Crippen LogP contribution in [0.25, 0.3) is 0 Å². The fourth-order valence-corrected chi connectivity index (χ4v) is 4.73. The summed E-state index contributed by atoms with van der Waals surface area (Å²) in [5, 5.41) is 0. The van der Waals surface area contributed by atoms with Gasteiger partial charge in [0.1, 0.15) is 6.61 Å². The summed E-state index contributed by atoms with van der Waals surface area (Å²) in [5.41, 5.74) is 4.02. The molecule has 1 aromatic carbocycles. The van der Waals surface area contributed by atoms with E-state index in [0.29, 0.717) is 18.6 Å². The van der Waals surface area contributed by atoms with Gasteiger partial charge in [-0.2, -0.15) is 0 Å². The van der Waals surface area contributed by atoms with Crippen molar-refractivity contribution in [1.82, 2.24) is 0 Å². The summed E-state index contributed by atoms with van der Waals surface area (Å²) >= 11 is 0. The third kappa shape index (κ3) is 3.60. The summed E-state index contributed by atoms with van der Waals surface area (Å²) in [5.74, 6) is 0.414. The van der Waals surface area contributed by atoms with Gasteiger partial charge in [0.05, 0.1) is 24.7 Å². The molecule has 0 bridgehead atoms. The zero-order valence-electron chi connectivity index (χ0n) is 14.8. The van der Waals surface area contributed by atoms with Gasteiger partial charge in [-0.3, -0.25) is 0 Å². The topological polar surface area (TPSA) is 30.7 Å². The van der Waals surface area contributed by atoms with E-state index in [1.54, 1.807) is 4.90 Å². The van der Waals surface area contributed by atoms with Crippen LogP contribution >= 0.6 is 0 Å². The highest BCUT2D eigenvalue weighted by atomic mass is 16.5. The summed E-state index contributed by atoms with van der Waals surface area (Å²) < 4.78 is 5.77. The number of fused-ring (bicyclic) bond motifs is 1. The van der Waals surface area contributed by atoms with Gasteiger partial charge in [-0.25, -0.2) is 4.79 Å². The summed E-state index contributed by atoms with van der Waals surface area (Å²) in [7, 11) is 0. The number of hydrogen-bond acceptors (Lipinski definition) is 2. The van der Waals surface area contributed by atoms with Gasteiger partial charge in [-0.1, -0.05) is 17.7 Å². The van der Waals surface area contributed by atoms with E-state index in [4.69, 9.17) is 4.74 Å². The molecule has 1 unspecified atom stereocenters. The highest BCUT2D eigenvalue weighted by Crippen LogP contribution is 2.22. The van der Waals surface area contributed by atoms with Crippen LogP contribution in [-0.4, -0.2) is 31.7 Å². The number of benzene rings is 1. The predicted molar refractivity (Wildman–Crippen MR) is 92.0 cm³/mol. The molecule has 1 aromatic rings. The van der Waals surface area contributed by atoms with Crippen LogP contribution < -0.4 is 4.90 Å². The lowest BCUT2D eigenvalue weighted by molar-refractivity contribution is -0.940. The molecule has 2 aliphatic heterocycles. The lowest BCUT2D eigenvalue weighted by atomic mass is 9.84. The minimum absolute atomic E-state index is 0.136. The Morgan fingerprint density at radius 1 is 1.09 bits per heavy atom. The molecule has 3 heteroatoms. The van der Waals surface area contributed by atoms with Gasteiger partial charge in [0, 0.05) is 5.92 Å². The van der Waals surface area contributed by atoms with Crippen LogP contribution in [0.1, 0.15) is 59.2 Å². The fourth-order valence-electron chi connectivity index (χ4n) is 4.73. The molecule has 2 saturated heterocycles. The average Bonchev–Trinajstić information content (AvgIpc) is 2.52. The smallest absolute Gasteiger partial charge is 0.338 e. The molecule has 0 radical (unpaired) electrons. The largest absolute Gasteiger partial charge is 0.462 e. The number of aryl methyl sites for hydroxylation is 3. The first-order valence-corrected chi connectivity index (χ1v) is 9.16. The van der Waals surface area contributed by atoms with Crippen molar-refractivity contribution >= 4 is 5.97 Å². The van der Waals surface area contributed by atoms with Crippen LogP contribution in [0, 0.1) is 26.7 Å². The first-order chi connectivity index (χ1) is 11.1. The van der Waals surface area contributed by atoms with Crippen molar-refractivity contribution in [3.8, 4) is 0 Å². The Kier molecular flexibility index (Phi) is 5.05.